The maximum Gasteiger partial charge on any atom is 0.0412 e. The van der Waals surface area contributed by atoms with E-state index in [1.165, 1.54) is 11.3 Å². The van der Waals surface area contributed by atoms with Gasteiger partial charge in [0.25, 0.3) is 0 Å². The van der Waals surface area contributed by atoms with Gasteiger partial charge in [0.2, 0.25) is 0 Å². The number of hydrogen-bond donors (Lipinski definition) is 1. The van der Waals surface area contributed by atoms with Crippen LogP contribution in [0.1, 0.15) is 33.3 Å². The lowest BCUT2D eigenvalue weighted by Gasteiger charge is -2.30. The molecule has 20 heavy (non-hydrogen) atoms. The van der Waals surface area contributed by atoms with E-state index in [2.05, 4.69) is 85.3 Å². The van der Waals surface area contributed by atoms with Crippen molar-refractivity contribution in [2.45, 2.75) is 45.8 Å². The Morgan fingerprint density at radius 2 is 2.00 bits per heavy atom. The van der Waals surface area contributed by atoms with Crippen molar-refractivity contribution in [3.05, 3.63) is 28.2 Å². The lowest BCUT2D eigenvalue weighted by atomic mass is 10.1. The second-order valence-electron chi connectivity index (χ2n) is 6.29. The Kier molecular flexibility index (Phi) is 6.89. The van der Waals surface area contributed by atoms with Crippen molar-refractivity contribution in [1.29, 1.82) is 0 Å². The Morgan fingerprint density at radius 1 is 1.35 bits per heavy atom. The molecule has 4 heteroatoms. The highest BCUT2D eigenvalue weighted by Crippen LogP contribution is 2.26. The third kappa shape index (κ3) is 5.66. The summed E-state index contributed by atoms with van der Waals surface area (Å²) in [6, 6.07) is 7.08. The van der Waals surface area contributed by atoms with Gasteiger partial charge in [0, 0.05) is 41.1 Å². The Hall–Kier alpha value is -0.190. The summed E-state index contributed by atoms with van der Waals surface area (Å²) in [4.78, 5) is 2.38. The van der Waals surface area contributed by atoms with Gasteiger partial charge in [-0.1, -0.05) is 15.9 Å². The molecule has 0 aliphatic rings. The second kappa shape index (κ2) is 7.71. The Morgan fingerprint density at radius 3 is 2.55 bits per heavy atom. The van der Waals surface area contributed by atoms with Crippen LogP contribution in [0.25, 0.3) is 0 Å². The van der Waals surface area contributed by atoms with Crippen LogP contribution in [0, 0.1) is 0 Å². The summed E-state index contributed by atoms with van der Waals surface area (Å²) in [7, 11) is 2.19. The lowest BCUT2D eigenvalue weighted by molar-refractivity contribution is 0.424. The van der Waals surface area contributed by atoms with Crippen LogP contribution in [0.2, 0.25) is 0 Å². The third-order valence-electron chi connectivity index (χ3n) is 3.30. The summed E-state index contributed by atoms with van der Waals surface area (Å²) in [5.41, 5.74) is 2.78. The number of thioether (sulfide) groups is 1. The topological polar surface area (TPSA) is 15.3 Å². The first-order chi connectivity index (χ1) is 9.24. The molecule has 0 saturated heterocycles. The third-order valence-corrected chi connectivity index (χ3v) is 4.61. The van der Waals surface area contributed by atoms with Gasteiger partial charge in [-0.25, -0.2) is 0 Å². The van der Waals surface area contributed by atoms with Gasteiger partial charge < -0.3 is 10.2 Å². The summed E-state index contributed by atoms with van der Waals surface area (Å²) < 4.78 is 1.14. The smallest absolute Gasteiger partial charge is 0.0412 e. The quantitative estimate of drug-likeness (QED) is 0.804. The van der Waals surface area contributed by atoms with Crippen molar-refractivity contribution < 1.29 is 0 Å². The molecule has 0 aliphatic heterocycles. The maximum atomic E-state index is 3.58. The van der Waals surface area contributed by atoms with Gasteiger partial charge in [-0.3, -0.25) is 0 Å². The minimum Gasteiger partial charge on any atom is -0.371 e. The van der Waals surface area contributed by atoms with Crippen LogP contribution in [-0.4, -0.2) is 30.6 Å². The summed E-state index contributed by atoms with van der Waals surface area (Å²) in [5, 5.41) is 3.58. The Balaban J connectivity index is 2.94. The van der Waals surface area contributed by atoms with Crippen LogP contribution in [0.3, 0.4) is 0 Å². The van der Waals surface area contributed by atoms with Gasteiger partial charge in [-0.2, -0.15) is 11.8 Å². The highest BCUT2D eigenvalue weighted by Gasteiger charge is 2.15. The largest absolute Gasteiger partial charge is 0.371 e. The molecule has 0 radical (unpaired) electrons. The average molecular weight is 359 g/mol. The Labute approximate surface area is 136 Å². The van der Waals surface area contributed by atoms with E-state index in [4.69, 9.17) is 0 Å². The molecule has 1 N–H and O–H groups in total. The minimum absolute atomic E-state index is 0.128. The van der Waals surface area contributed by atoms with E-state index >= 15 is 0 Å². The molecule has 1 aromatic carbocycles. The monoisotopic (exact) mass is 358 g/mol. The molecule has 114 valence electrons. The van der Waals surface area contributed by atoms with E-state index in [1.807, 2.05) is 11.8 Å². The van der Waals surface area contributed by atoms with Gasteiger partial charge in [-0.15, -0.1) is 0 Å². The molecular weight excluding hydrogens is 332 g/mol. The van der Waals surface area contributed by atoms with Crippen LogP contribution >= 0.6 is 27.7 Å². The number of halogens is 1. The zero-order valence-corrected chi connectivity index (χ0v) is 15.9. The van der Waals surface area contributed by atoms with Gasteiger partial charge in [0.05, 0.1) is 0 Å². The van der Waals surface area contributed by atoms with Crippen LogP contribution in [0.5, 0.6) is 0 Å². The Bertz CT molecular complexity index is 429. The predicted octanol–water partition coefficient (Wildman–Crippen LogP) is 4.52. The number of hydrogen-bond acceptors (Lipinski definition) is 3. The summed E-state index contributed by atoms with van der Waals surface area (Å²) in [6.07, 6.45) is 2.16. The van der Waals surface area contributed by atoms with E-state index in [-0.39, 0.29) is 5.54 Å². The SMILES string of the molecule is CSCC(C)N(C)c1ccc(Br)cc1CNC(C)(C)C. The van der Waals surface area contributed by atoms with Crippen molar-refractivity contribution >= 4 is 33.4 Å². The van der Waals surface area contributed by atoms with Crippen LogP contribution in [0.4, 0.5) is 5.69 Å². The van der Waals surface area contributed by atoms with E-state index in [1.54, 1.807) is 0 Å². The van der Waals surface area contributed by atoms with Crippen molar-refractivity contribution in [1.82, 2.24) is 5.32 Å². The summed E-state index contributed by atoms with van der Waals surface area (Å²) in [5.74, 6) is 1.14. The molecule has 1 unspecified atom stereocenters. The van der Waals surface area contributed by atoms with Crippen molar-refractivity contribution in [2.24, 2.45) is 0 Å². The number of rotatable bonds is 6. The first-order valence-electron chi connectivity index (χ1n) is 7.00. The van der Waals surface area contributed by atoms with Crippen LogP contribution in [0.15, 0.2) is 22.7 Å². The van der Waals surface area contributed by atoms with Gasteiger partial charge >= 0.3 is 0 Å². The molecular formula is C16H27BrN2S. The van der Waals surface area contributed by atoms with E-state index in [0.29, 0.717) is 6.04 Å². The summed E-state index contributed by atoms with van der Waals surface area (Å²) in [6.45, 7) is 9.76. The second-order valence-corrected chi connectivity index (χ2v) is 8.12. The normalized spacial score (nSPS) is 13.3. The highest BCUT2D eigenvalue weighted by molar-refractivity contribution is 9.10. The van der Waals surface area contributed by atoms with Crippen molar-refractivity contribution in [3.8, 4) is 0 Å². The zero-order chi connectivity index (χ0) is 15.3. The molecule has 0 fully saturated rings. The van der Waals surface area contributed by atoms with E-state index in [9.17, 15) is 0 Å². The molecule has 0 heterocycles. The molecule has 2 nitrogen and oxygen atoms in total. The number of anilines is 1. The standard InChI is InChI=1S/C16H27BrN2S/c1-12(11-20-6)19(5)15-8-7-14(17)9-13(15)10-18-16(2,3)4/h7-9,12,18H,10-11H2,1-6H3. The average Bonchev–Trinajstić information content (AvgIpc) is 2.35. The van der Waals surface area contributed by atoms with E-state index in [0.717, 1.165) is 16.8 Å². The van der Waals surface area contributed by atoms with Crippen LogP contribution < -0.4 is 10.2 Å². The molecule has 0 spiro atoms. The fraction of sp³-hybridized carbons (Fsp3) is 0.625. The molecule has 0 amide bonds. The number of nitrogens with zero attached hydrogens (tertiary/aromatic N) is 1. The molecule has 1 atom stereocenters. The molecule has 1 aromatic rings. The fourth-order valence-electron chi connectivity index (χ4n) is 1.99. The fourth-order valence-corrected chi connectivity index (χ4v) is 3.11. The van der Waals surface area contributed by atoms with Crippen LogP contribution in [-0.2, 0) is 6.54 Å². The maximum absolute atomic E-state index is 3.58. The molecule has 0 aromatic heterocycles. The first-order valence-corrected chi connectivity index (χ1v) is 9.18. The number of nitrogens with one attached hydrogen (secondary N) is 1. The first kappa shape index (κ1) is 17.9. The van der Waals surface area contributed by atoms with Gasteiger partial charge in [-0.05, 0) is 57.7 Å². The lowest BCUT2D eigenvalue weighted by Crippen LogP contribution is -2.36. The minimum atomic E-state index is 0.128. The van der Waals surface area contributed by atoms with E-state index < -0.39 is 0 Å². The molecule has 1 rings (SSSR count). The van der Waals surface area contributed by atoms with Gasteiger partial charge in [0.15, 0.2) is 0 Å². The molecule has 0 saturated carbocycles. The number of benzene rings is 1. The molecule has 0 bridgehead atoms. The predicted molar refractivity (Wildman–Crippen MR) is 97.0 cm³/mol. The van der Waals surface area contributed by atoms with Crippen molar-refractivity contribution in [2.75, 3.05) is 24.0 Å². The molecule has 0 aliphatic carbocycles. The highest BCUT2D eigenvalue weighted by atomic mass is 79.9. The summed E-state index contributed by atoms with van der Waals surface area (Å²) >= 11 is 5.48. The van der Waals surface area contributed by atoms with Gasteiger partial charge in [0.1, 0.15) is 0 Å². The van der Waals surface area contributed by atoms with Crippen molar-refractivity contribution in [3.63, 3.8) is 0 Å². The zero-order valence-electron chi connectivity index (χ0n) is 13.5.